The van der Waals surface area contributed by atoms with Crippen LogP contribution in [0.5, 0.6) is 11.5 Å². The molecule has 0 radical (unpaired) electrons. The summed E-state index contributed by atoms with van der Waals surface area (Å²) in [4.78, 5) is 14.1. The number of anilines is 1. The van der Waals surface area contributed by atoms with Gasteiger partial charge < -0.3 is 14.4 Å². The second-order valence-electron chi connectivity index (χ2n) is 5.92. The van der Waals surface area contributed by atoms with Crippen LogP contribution in [0.2, 0.25) is 0 Å². The minimum Gasteiger partial charge on any atom is -0.490 e. The Bertz CT molecular complexity index is 527. The number of Topliss-reactive ketones (excluding diaryl/α,β-unsaturated/α-hetero) is 1. The second-order valence-corrected chi connectivity index (χ2v) is 5.92. The molecule has 4 heteroatoms. The predicted molar refractivity (Wildman–Crippen MR) is 75.6 cm³/mol. The van der Waals surface area contributed by atoms with Crippen molar-refractivity contribution in [1.82, 2.24) is 0 Å². The topological polar surface area (TPSA) is 38.8 Å². The molecule has 2 fully saturated rings. The number of benzene rings is 1. The third-order valence-corrected chi connectivity index (χ3v) is 4.58. The molecule has 2 atom stereocenters. The predicted octanol–water partition coefficient (Wildman–Crippen LogP) is 2.55. The molecule has 1 aromatic carbocycles. The highest BCUT2D eigenvalue weighted by atomic mass is 16.5. The first-order chi connectivity index (χ1) is 9.81. The highest BCUT2D eigenvalue weighted by Crippen LogP contribution is 2.41. The molecule has 2 unspecified atom stereocenters. The summed E-state index contributed by atoms with van der Waals surface area (Å²) in [6, 6.07) is 6.96. The van der Waals surface area contributed by atoms with Crippen LogP contribution >= 0.6 is 0 Å². The van der Waals surface area contributed by atoms with Crippen molar-refractivity contribution in [2.24, 2.45) is 0 Å². The zero-order valence-corrected chi connectivity index (χ0v) is 11.5. The average molecular weight is 273 g/mol. The van der Waals surface area contributed by atoms with E-state index in [2.05, 4.69) is 17.0 Å². The van der Waals surface area contributed by atoms with Crippen molar-refractivity contribution >= 4 is 11.5 Å². The molecular formula is C16H19NO3. The first-order valence-electron chi connectivity index (χ1n) is 7.51. The van der Waals surface area contributed by atoms with E-state index in [4.69, 9.17) is 9.47 Å². The van der Waals surface area contributed by atoms with E-state index >= 15 is 0 Å². The number of piperidine rings is 1. The lowest BCUT2D eigenvalue weighted by atomic mass is 10.0. The maximum atomic E-state index is 11.7. The maximum Gasteiger partial charge on any atom is 0.163 e. The molecule has 1 aromatic rings. The van der Waals surface area contributed by atoms with Crippen molar-refractivity contribution < 1.29 is 14.3 Å². The molecule has 0 saturated carbocycles. The Labute approximate surface area is 118 Å². The number of hydrogen-bond donors (Lipinski definition) is 0. The molecular weight excluding hydrogens is 254 g/mol. The van der Waals surface area contributed by atoms with Crippen LogP contribution in [-0.2, 0) is 4.79 Å². The normalized spacial score (nSPS) is 28.4. The highest BCUT2D eigenvalue weighted by Gasteiger charge is 2.40. The number of hydrogen-bond acceptors (Lipinski definition) is 4. The molecule has 0 aromatic heterocycles. The van der Waals surface area contributed by atoms with Gasteiger partial charge in [0.2, 0.25) is 0 Å². The van der Waals surface area contributed by atoms with E-state index in [1.165, 1.54) is 5.69 Å². The largest absolute Gasteiger partial charge is 0.490 e. The van der Waals surface area contributed by atoms with Crippen molar-refractivity contribution in [2.45, 2.75) is 44.2 Å². The van der Waals surface area contributed by atoms with Crippen molar-refractivity contribution in [3.05, 3.63) is 18.2 Å². The van der Waals surface area contributed by atoms with Gasteiger partial charge in [-0.1, -0.05) is 0 Å². The molecule has 3 aliphatic heterocycles. The lowest BCUT2D eigenvalue weighted by Gasteiger charge is -2.36. The average Bonchev–Trinajstić information content (AvgIpc) is 2.64. The summed E-state index contributed by atoms with van der Waals surface area (Å²) >= 11 is 0. The zero-order valence-electron chi connectivity index (χ0n) is 11.5. The lowest BCUT2D eigenvalue weighted by molar-refractivity contribution is -0.120. The van der Waals surface area contributed by atoms with Crippen LogP contribution in [0.25, 0.3) is 0 Å². The first kappa shape index (κ1) is 12.1. The Balaban J connectivity index is 1.66. The van der Waals surface area contributed by atoms with Gasteiger partial charge >= 0.3 is 0 Å². The molecule has 2 saturated heterocycles. The van der Waals surface area contributed by atoms with Gasteiger partial charge in [0.05, 0.1) is 13.2 Å². The summed E-state index contributed by atoms with van der Waals surface area (Å²) in [7, 11) is 0. The number of carbonyl (C=O) groups excluding carboxylic acids is 1. The monoisotopic (exact) mass is 273 g/mol. The second kappa shape index (κ2) is 4.69. The number of rotatable bonds is 1. The summed E-state index contributed by atoms with van der Waals surface area (Å²) in [5.41, 5.74) is 1.18. The summed E-state index contributed by atoms with van der Waals surface area (Å²) in [5, 5.41) is 0. The summed E-state index contributed by atoms with van der Waals surface area (Å²) in [6.07, 6.45) is 4.58. The van der Waals surface area contributed by atoms with Crippen molar-refractivity contribution in [3.63, 3.8) is 0 Å². The number of ether oxygens (including phenoxy) is 2. The summed E-state index contributed by atoms with van der Waals surface area (Å²) < 4.78 is 11.5. The quantitative estimate of drug-likeness (QED) is 0.788. The van der Waals surface area contributed by atoms with E-state index in [0.29, 0.717) is 37.3 Å². The maximum absolute atomic E-state index is 11.7. The molecule has 0 aliphatic carbocycles. The Morgan fingerprint density at radius 2 is 1.70 bits per heavy atom. The van der Waals surface area contributed by atoms with Crippen LogP contribution in [0, 0.1) is 0 Å². The third-order valence-electron chi connectivity index (χ3n) is 4.58. The van der Waals surface area contributed by atoms with E-state index in [-0.39, 0.29) is 0 Å². The Morgan fingerprint density at radius 3 is 2.45 bits per heavy atom. The first-order valence-corrected chi connectivity index (χ1v) is 7.51. The molecule has 106 valence electrons. The van der Waals surface area contributed by atoms with Gasteiger partial charge in [-0.15, -0.1) is 0 Å². The number of fused-ring (bicyclic) bond motifs is 3. The minimum absolute atomic E-state index is 0.381. The van der Waals surface area contributed by atoms with E-state index < -0.39 is 0 Å². The third kappa shape index (κ3) is 1.94. The van der Waals surface area contributed by atoms with Gasteiger partial charge in [-0.2, -0.15) is 0 Å². The fraction of sp³-hybridized carbons (Fsp3) is 0.562. The molecule has 0 amide bonds. The molecule has 4 rings (SSSR count). The van der Waals surface area contributed by atoms with Crippen molar-refractivity contribution in [1.29, 1.82) is 0 Å². The van der Waals surface area contributed by atoms with Gasteiger partial charge in [0.1, 0.15) is 5.78 Å². The van der Waals surface area contributed by atoms with Crippen LogP contribution < -0.4 is 14.4 Å². The minimum atomic E-state index is 0.381. The fourth-order valence-electron chi connectivity index (χ4n) is 3.71. The molecule has 2 bridgehead atoms. The van der Waals surface area contributed by atoms with Gasteiger partial charge in [-0.25, -0.2) is 0 Å². The number of ketones is 1. The van der Waals surface area contributed by atoms with Crippen LogP contribution in [0.4, 0.5) is 5.69 Å². The molecule has 3 aliphatic rings. The Morgan fingerprint density at radius 1 is 1.00 bits per heavy atom. The van der Waals surface area contributed by atoms with E-state index in [1.54, 1.807) is 0 Å². The Kier molecular flexibility index (Phi) is 2.83. The van der Waals surface area contributed by atoms with Gasteiger partial charge in [0, 0.05) is 43.1 Å². The van der Waals surface area contributed by atoms with E-state index in [1.807, 2.05) is 6.07 Å². The lowest BCUT2D eigenvalue weighted by Crippen LogP contribution is -2.43. The zero-order chi connectivity index (χ0) is 13.5. The van der Waals surface area contributed by atoms with Gasteiger partial charge in [-0.3, -0.25) is 4.79 Å². The molecule has 0 N–H and O–H groups in total. The molecule has 3 heterocycles. The van der Waals surface area contributed by atoms with E-state index in [0.717, 1.165) is 37.4 Å². The van der Waals surface area contributed by atoms with Gasteiger partial charge in [0.25, 0.3) is 0 Å². The van der Waals surface area contributed by atoms with Gasteiger partial charge in [-0.05, 0) is 25.0 Å². The molecule has 0 spiro atoms. The standard InChI is InChI=1S/C16H19NO3/c18-14-8-11-2-3-12(9-14)17(11)13-4-5-15-16(10-13)20-7-1-6-19-15/h4-5,10-12H,1-3,6-9H2. The molecule has 4 nitrogen and oxygen atoms in total. The molecule has 20 heavy (non-hydrogen) atoms. The van der Waals surface area contributed by atoms with E-state index in [9.17, 15) is 4.79 Å². The van der Waals surface area contributed by atoms with Crippen LogP contribution in [0.15, 0.2) is 18.2 Å². The highest BCUT2D eigenvalue weighted by molar-refractivity contribution is 5.83. The van der Waals surface area contributed by atoms with Gasteiger partial charge in [0.15, 0.2) is 11.5 Å². The summed E-state index contributed by atoms with van der Waals surface area (Å²) in [5.74, 6) is 2.10. The Hall–Kier alpha value is -1.71. The van der Waals surface area contributed by atoms with Crippen molar-refractivity contribution in [3.8, 4) is 11.5 Å². The van der Waals surface area contributed by atoms with Crippen LogP contribution in [0.1, 0.15) is 32.1 Å². The smallest absolute Gasteiger partial charge is 0.163 e. The number of nitrogens with zero attached hydrogens (tertiary/aromatic N) is 1. The summed E-state index contributed by atoms with van der Waals surface area (Å²) in [6.45, 7) is 1.43. The number of carbonyl (C=O) groups is 1. The van der Waals surface area contributed by atoms with Crippen molar-refractivity contribution in [2.75, 3.05) is 18.1 Å². The van der Waals surface area contributed by atoms with Crippen LogP contribution in [0.3, 0.4) is 0 Å². The van der Waals surface area contributed by atoms with Crippen LogP contribution in [-0.4, -0.2) is 31.1 Å². The fourth-order valence-corrected chi connectivity index (χ4v) is 3.71. The SMILES string of the molecule is O=C1CC2CCC(C1)N2c1ccc2c(c1)OCCCO2.